The normalized spacial score (nSPS) is 17.9. The van der Waals surface area contributed by atoms with E-state index >= 15 is 0 Å². The van der Waals surface area contributed by atoms with Gasteiger partial charge in [-0.05, 0) is 12.8 Å². The standard InChI is InChI=1S/C11H15N3O3/c15-11(4-1-2-5-11)8-13-10-7-9(14(16)17)3-6-12-10/h3,6-7,15H,1-2,4-5,8H2,(H,12,13). The Morgan fingerprint density at radius 2 is 2.24 bits per heavy atom. The summed E-state index contributed by atoms with van der Waals surface area (Å²) in [6, 6.07) is 2.72. The molecule has 2 rings (SSSR count). The zero-order valence-corrected chi connectivity index (χ0v) is 9.43. The second kappa shape index (κ2) is 4.67. The third-order valence-electron chi connectivity index (χ3n) is 3.09. The molecule has 0 amide bonds. The minimum absolute atomic E-state index is 0.000844. The molecule has 1 aromatic rings. The fourth-order valence-corrected chi connectivity index (χ4v) is 2.09. The Morgan fingerprint density at radius 3 is 2.88 bits per heavy atom. The Kier molecular flexibility index (Phi) is 3.23. The molecule has 0 saturated heterocycles. The number of hydrogen-bond donors (Lipinski definition) is 2. The Labute approximate surface area is 98.8 Å². The fourth-order valence-electron chi connectivity index (χ4n) is 2.09. The summed E-state index contributed by atoms with van der Waals surface area (Å²) in [5, 5.41) is 23.6. The molecule has 0 aliphatic heterocycles. The number of nitrogens with one attached hydrogen (secondary N) is 1. The zero-order valence-electron chi connectivity index (χ0n) is 9.43. The van der Waals surface area contributed by atoms with Crippen molar-refractivity contribution in [1.82, 2.24) is 4.98 Å². The predicted molar refractivity (Wildman–Crippen MR) is 62.8 cm³/mol. The van der Waals surface area contributed by atoms with Gasteiger partial charge in [-0.3, -0.25) is 10.1 Å². The monoisotopic (exact) mass is 237 g/mol. The van der Waals surface area contributed by atoms with Gasteiger partial charge in [0, 0.05) is 18.8 Å². The number of aliphatic hydroxyl groups is 1. The maximum absolute atomic E-state index is 10.6. The van der Waals surface area contributed by atoms with Crippen LogP contribution >= 0.6 is 0 Å². The maximum Gasteiger partial charge on any atom is 0.274 e. The molecule has 0 unspecified atom stereocenters. The van der Waals surface area contributed by atoms with Gasteiger partial charge in [0.1, 0.15) is 5.82 Å². The molecule has 1 saturated carbocycles. The van der Waals surface area contributed by atoms with Crippen LogP contribution in [0.15, 0.2) is 18.3 Å². The molecule has 2 N–H and O–H groups in total. The van der Waals surface area contributed by atoms with Crippen molar-refractivity contribution < 1.29 is 10.0 Å². The highest BCUT2D eigenvalue weighted by Crippen LogP contribution is 2.29. The number of anilines is 1. The zero-order chi connectivity index (χ0) is 12.3. The maximum atomic E-state index is 10.6. The third kappa shape index (κ3) is 2.91. The van der Waals surface area contributed by atoms with Crippen molar-refractivity contribution >= 4 is 11.5 Å². The number of hydrogen-bond acceptors (Lipinski definition) is 5. The van der Waals surface area contributed by atoms with E-state index in [0.717, 1.165) is 25.7 Å². The first-order valence-electron chi connectivity index (χ1n) is 5.66. The van der Waals surface area contributed by atoms with Gasteiger partial charge in [-0.25, -0.2) is 4.98 Å². The predicted octanol–water partition coefficient (Wildman–Crippen LogP) is 1.71. The lowest BCUT2D eigenvalue weighted by Crippen LogP contribution is -2.33. The molecule has 1 aliphatic carbocycles. The molecule has 0 radical (unpaired) electrons. The van der Waals surface area contributed by atoms with Gasteiger partial charge in [0.2, 0.25) is 0 Å². The van der Waals surface area contributed by atoms with Crippen LogP contribution in [0.25, 0.3) is 0 Å². The van der Waals surface area contributed by atoms with Crippen molar-refractivity contribution in [3.63, 3.8) is 0 Å². The summed E-state index contributed by atoms with van der Waals surface area (Å²) in [6.07, 6.45) is 4.99. The first kappa shape index (κ1) is 11.8. The molecule has 0 atom stereocenters. The van der Waals surface area contributed by atoms with Crippen molar-refractivity contribution in [2.24, 2.45) is 0 Å². The summed E-state index contributed by atoms with van der Waals surface area (Å²) in [6.45, 7) is 0.390. The van der Waals surface area contributed by atoms with Gasteiger partial charge in [-0.1, -0.05) is 12.8 Å². The number of aromatic nitrogens is 1. The molecule has 17 heavy (non-hydrogen) atoms. The van der Waals surface area contributed by atoms with Crippen molar-refractivity contribution in [3.05, 3.63) is 28.4 Å². The first-order chi connectivity index (χ1) is 8.09. The molecule has 6 heteroatoms. The van der Waals surface area contributed by atoms with Crippen LogP contribution in [0, 0.1) is 10.1 Å². The number of rotatable bonds is 4. The smallest absolute Gasteiger partial charge is 0.274 e. The van der Waals surface area contributed by atoms with Crippen molar-refractivity contribution in [2.75, 3.05) is 11.9 Å². The van der Waals surface area contributed by atoms with E-state index in [2.05, 4.69) is 10.3 Å². The molecule has 1 aliphatic rings. The molecule has 0 bridgehead atoms. The SMILES string of the molecule is O=[N+]([O-])c1ccnc(NCC2(O)CCCC2)c1. The average molecular weight is 237 g/mol. The van der Waals surface area contributed by atoms with Gasteiger partial charge >= 0.3 is 0 Å². The van der Waals surface area contributed by atoms with E-state index < -0.39 is 10.5 Å². The van der Waals surface area contributed by atoms with E-state index in [1.807, 2.05) is 0 Å². The number of nitrogens with zero attached hydrogens (tertiary/aromatic N) is 2. The second-order valence-corrected chi connectivity index (χ2v) is 4.44. The molecular formula is C11H15N3O3. The van der Waals surface area contributed by atoms with E-state index in [4.69, 9.17) is 0 Å². The van der Waals surface area contributed by atoms with Crippen molar-refractivity contribution in [2.45, 2.75) is 31.3 Å². The summed E-state index contributed by atoms with van der Waals surface area (Å²) in [5.41, 5.74) is -0.687. The van der Waals surface area contributed by atoms with Gasteiger partial charge in [0.15, 0.2) is 0 Å². The molecule has 0 spiro atoms. The Hall–Kier alpha value is -1.69. The summed E-state index contributed by atoms with van der Waals surface area (Å²) in [4.78, 5) is 14.1. The topological polar surface area (TPSA) is 88.3 Å². The van der Waals surface area contributed by atoms with Gasteiger partial charge in [-0.2, -0.15) is 0 Å². The molecule has 1 fully saturated rings. The largest absolute Gasteiger partial charge is 0.388 e. The summed E-state index contributed by atoms with van der Waals surface area (Å²) >= 11 is 0. The second-order valence-electron chi connectivity index (χ2n) is 4.44. The number of nitro groups is 1. The van der Waals surface area contributed by atoms with Crippen molar-refractivity contribution in [1.29, 1.82) is 0 Å². The van der Waals surface area contributed by atoms with Crippen LogP contribution in [0.1, 0.15) is 25.7 Å². The lowest BCUT2D eigenvalue weighted by molar-refractivity contribution is -0.384. The molecule has 92 valence electrons. The van der Waals surface area contributed by atoms with E-state index in [1.165, 1.54) is 18.3 Å². The molecule has 0 aromatic carbocycles. The van der Waals surface area contributed by atoms with Gasteiger partial charge in [0.05, 0.1) is 16.6 Å². The fraction of sp³-hybridized carbons (Fsp3) is 0.545. The number of pyridine rings is 1. The highest BCUT2D eigenvalue weighted by molar-refractivity contribution is 5.44. The van der Waals surface area contributed by atoms with Crippen molar-refractivity contribution in [3.8, 4) is 0 Å². The molecule has 6 nitrogen and oxygen atoms in total. The van der Waals surface area contributed by atoms with Crippen LogP contribution in [0.2, 0.25) is 0 Å². The van der Waals surface area contributed by atoms with Crippen LogP contribution < -0.4 is 5.32 Å². The van der Waals surface area contributed by atoms with Gasteiger partial charge in [0.25, 0.3) is 5.69 Å². The summed E-state index contributed by atoms with van der Waals surface area (Å²) < 4.78 is 0. The summed E-state index contributed by atoms with van der Waals surface area (Å²) in [7, 11) is 0. The molecular weight excluding hydrogens is 222 g/mol. The van der Waals surface area contributed by atoms with E-state index in [9.17, 15) is 15.2 Å². The Morgan fingerprint density at radius 1 is 1.53 bits per heavy atom. The minimum atomic E-state index is -0.688. The summed E-state index contributed by atoms with van der Waals surface area (Å²) in [5.74, 6) is 0.430. The Bertz CT molecular complexity index is 416. The lowest BCUT2D eigenvalue weighted by Gasteiger charge is -2.22. The lowest BCUT2D eigenvalue weighted by atomic mass is 10.0. The first-order valence-corrected chi connectivity index (χ1v) is 5.66. The van der Waals surface area contributed by atoms with Crippen LogP contribution in [0.3, 0.4) is 0 Å². The average Bonchev–Trinajstić information content (AvgIpc) is 2.75. The van der Waals surface area contributed by atoms with Gasteiger partial charge in [-0.15, -0.1) is 0 Å². The van der Waals surface area contributed by atoms with E-state index in [0.29, 0.717) is 12.4 Å². The van der Waals surface area contributed by atoms with E-state index in [-0.39, 0.29) is 5.69 Å². The highest BCUT2D eigenvalue weighted by Gasteiger charge is 2.30. The van der Waals surface area contributed by atoms with E-state index in [1.54, 1.807) is 0 Å². The molecule has 1 aromatic heterocycles. The van der Waals surface area contributed by atoms with Gasteiger partial charge < -0.3 is 10.4 Å². The van der Waals surface area contributed by atoms with Crippen LogP contribution in [-0.4, -0.2) is 27.2 Å². The van der Waals surface area contributed by atoms with Crippen LogP contribution in [0.4, 0.5) is 11.5 Å². The molecule has 1 heterocycles. The minimum Gasteiger partial charge on any atom is -0.388 e. The Balaban J connectivity index is 1.99. The van der Waals surface area contributed by atoms with Crippen LogP contribution in [-0.2, 0) is 0 Å². The highest BCUT2D eigenvalue weighted by atomic mass is 16.6. The third-order valence-corrected chi connectivity index (χ3v) is 3.09. The quantitative estimate of drug-likeness (QED) is 0.614. The van der Waals surface area contributed by atoms with Crippen LogP contribution in [0.5, 0.6) is 0 Å².